The van der Waals surface area contributed by atoms with E-state index in [-0.39, 0.29) is 28.2 Å². The maximum Gasteiger partial charge on any atom is 0.404 e. The fourth-order valence-corrected chi connectivity index (χ4v) is 6.32. The quantitative estimate of drug-likeness (QED) is 0.422. The number of nitrogens with zero attached hydrogens (tertiary/aromatic N) is 3. The van der Waals surface area contributed by atoms with Crippen LogP contribution in [0.25, 0.3) is 0 Å². The highest BCUT2D eigenvalue weighted by atomic mass is 32.2. The first-order valence-electron chi connectivity index (χ1n) is 12.5. The summed E-state index contributed by atoms with van der Waals surface area (Å²) in [5, 5.41) is 14.3. The molecule has 1 saturated heterocycles. The molecule has 0 bridgehead atoms. The summed E-state index contributed by atoms with van der Waals surface area (Å²) in [7, 11) is -4.25. The highest BCUT2D eigenvalue weighted by Gasteiger charge is 2.39. The Balaban J connectivity index is 1.46. The number of rotatable bonds is 7. The number of nitrogens with one attached hydrogen (secondary N) is 3. The molecule has 2 fully saturated rings. The summed E-state index contributed by atoms with van der Waals surface area (Å²) in [6.07, 6.45) is 4.29. The minimum absolute atomic E-state index is 0.0380. The third-order valence-corrected chi connectivity index (χ3v) is 8.22. The van der Waals surface area contributed by atoms with Crippen LogP contribution in [0.1, 0.15) is 63.2 Å². The Kier molecular flexibility index (Phi) is 7.58. The summed E-state index contributed by atoms with van der Waals surface area (Å²) in [4.78, 5) is 34.7. The minimum Gasteiger partial charge on any atom is -0.465 e. The summed E-state index contributed by atoms with van der Waals surface area (Å²) >= 11 is 0. The second-order valence-electron chi connectivity index (χ2n) is 10.5. The monoisotopic (exact) mass is 530 g/mol. The Morgan fingerprint density at radius 2 is 1.78 bits per heavy atom. The summed E-state index contributed by atoms with van der Waals surface area (Å²) in [5.74, 6) is 0.489. The number of anilines is 2. The fourth-order valence-electron chi connectivity index (χ4n) is 5.39. The SMILES string of the molecule is CC1CN(c2ncccc2C(=O)NS(=O)(=O)c2cccc(NC3CCC(NC(=O)O)CC3)n2)C(C)(C)C1. The van der Waals surface area contributed by atoms with Crippen LogP contribution in [-0.4, -0.2) is 59.7 Å². The summed E-state index contributed by atoms with van der Waals surface area (Å²) < 4.78 is 28.4. The smallest absolute Gasteiger partial charge is 0.404 e. The molecule has 0 radical (unpaired) electrons. The van der Waals surface area contributed by atoms with Gasteiger partial charge in [0.25, 0.3) is 15.9 Å². The van der Waals surface area contributed by atoms with Crippen LogP contribution in [-0.2, 0) is 10.0 Å². The molecule has 1 aliphatic carbocycles. The van der Waals surface area contributed by atoms with Crippen molar-refractivity contribution >= 4 is 33.7 Å². The lowest BCUT2D eigenvalue weighted by atomic mass is 9.91. The molecule has 2 aromatic rings. The van der Waals surface area contributed by atoms with Crippen molar-refractivity contribution < 1.29 is 23.1 Å². The van der Waals surface area contributed by atoms with E-state index in [0.29, 0.717) is 30.4 Å². The number of carbonyl (C=O) groups excluding carboxylic acids is 1. The molecule has 1 aliphatic heterocycles. The van der Waals surface area contributed by atoms with Crippen molar-refractivity contribution in [2.75, 3.05) is 16.8 Å². The number of hydrogen-bond donors (Lipinski definition) is 4. The molecule has 2 aliphatic rings. The van der Waals surface area contributed by atoms with Crippen LogP contribution in [0.15, 0.2) is 41.6 Å². The zero-order valence-electron chi connectivity index (χ0n) is 21.3. The molecule has 200 valence electrons. The van der Waals surface area contributed by atoms with Crippen LogP contribution in [0.2, 0.25) is 0 Å². The molecule has 1 saturated carbocycles. The molecule has 1 unspecified atom stereocenters. The van der Waals surface area contributed by atoms with Crippen molar-refractivity contribution in [3.63, 3.8) is 0 Å². The number of aromatic nitrogens is 2. The third kappa shape index (κ3) is 6.30. The third-order valence-electron chi connectivity index (χ3n) is 6.99. The van der Waals surface area contributed by atoms with Crippen LogP contribution < -0.4 is 20.3 Å². The lowest BCUT2D eigenvalue weighted by molar-refractivity contribution is 0.0981. The van der Waals surface area contributed by atoms with Gasteiger partial charge in [0, 0.05) is 30.4 Å². The normalized spacial score (nSPS) is 23.3. The lowest BCUT2D eigenvalue weighted by Gasteiger charge is -2.33. The topological polar surface area (TPSA) is 154 Å². The predicted octanol–water partition coefficient (Wildman–Crippen LogP) is 3.21. The van der Waals surface area contributed by atoms with E-state index in [9.17, 15) is 18.0 Å². The molecule has 11 nitrogen and oxygen atoms in total. The average Bonchev–Trinajstić information content (AvgIpc) is 3.11. The van der Waals surface area contributed by atoms with Gasteiger partial charge in [-0.2, -0.15) is 8.42 Å². The fraction of sp³-hybridized carbons (Fsp3) is 0.520. The van der Waals surface area contributed by atoms with E-state index in [2.05, 4.69) is 51.0 Å². The minimum atomic E-state index is -4.25. The molecule has 2 amide bonds. The van der Waals surface area contributed by atoms with E-state index in [0.717, 1.165) is 25.8 Å². The Bertz CT molecular complexity index is 1260. The maximum atomic E-state index is 13.2. The molecule has 4 N–H and O–H groups in total. The van der Waals surface area contributed by atoms with Gasteiger partial charge in [-0.15, -0.1) is 0 Å². The second-order valence-corrected chi connectivity index (χ2v) is 12.2. The lowest BCUT2D eigenvalue weighted by Crippen LogP contribution is -2.41. The number of carbonyl (C=O) groups is 2. The molecule has 2 aromatic heterocycles. The van der Waals surface area contributed by atoms with Crippen molar-refractivity contribution in [2.45, 2.75) is 75.5 Å². The van der Waals surface area contributed by atoms with Crippen molar-refractivity contribution in [2.24, 2.45) is 5.92 Å². The first-order valence-corrected chi connectivity index (χ1v) is 14.0. The van der Waals surface area contributed by atoms with Gasteiger partial charge in [0.2, 0.25) is 0 Å². The van der Waals surface area contributed by atoms with Crippen molar-refractivity contribution in [1.82, 2.24) is 20.0 Å². The van der Waals surface area contributed by atoms with Gasteiger partial charge >= 0.3 is 6.09 Å². The highest BCUT2D eigenvalue weighted by Crippen LogP contribution is 2.37. The first-order chi connectivity index (χ1) is 17.4. The second kappa shape index (κ2) is 10.5. The zero-order chi connectivity index (χ0) is 26.8. The van der Waals surface area contributed by atoms with Gasteiger partial charge in [-0.25, -0.2) is 19.5 Å². The summed E-state index contributed by atoms with van der Waals surface area (Å²) in [5.41, 5.74) is -0.0271. The van der Waals surface area contributed by atoms with E-state index < -0.39 is 22.0 Å². The molecule has 4 rings (SSSR count). The number of carboxylic acid groups (broad SMARTS) is 1. The molecular weight excluding hydrogens is 496 g/mol. The van der Waals surface area contributed by atoms with E-state index in [1.165, 1.54) is 6.07 Å². The van der Waals surface area contributed by atoms with E-state index in [1.54, 1.807) is 30.5 Å². The van der Waals surface area contributed by atoms with Crippen molar-refractivity contribution in [3.05, 3.63) is 42.1 Å². The van der Waals surface area contributed by atoms with Gasteiger partial charge in [0.1, 0.15) is 11.6 Å². The van der Waals surface area contributed by atoms with Crippen molar-refractivity contribution in [1.29, 1.82) is 0 Å². The van der Waals surface area contributed by atoms with Crippen LogP contribution >= 0.6 is 0 Å². The Morgan fingerprint density at radius 1 is 1.08 bits per heavy atom. The van der Waals surface area contributed by atoms with Gasteiger partial charge in [0.15, 0.2) is 5.03 Å². The van der Waals surface area contributed by atoms with E-state index in [1.807, 2.05) is 0 Å². The molecule has 0 spiro atoms. The Hall–Kier alpha value is -3.41. The summed E-state index contributed by atoms with van der Waals surface area (Å²) in [6.45, 7) is 7.03. The van der Waals surface area contributed by atoms with Crippen LogP contribution in [0.5, 0.6) is 0 Å². The van der Waals surface area contributed by atoms with Gasteiger partial charge in [-0.1, -0.05) is 13.0 Å². The molecule has 1 atom stereocenters. The highest BCUT2D eigenvalue weighted by molar-refractivity contribution is 7.90. The van der Waals surface area contributed by atoms with Gasteiger partial charge < -0.3 is 20.6 Å². The molecule has 0 aromatic carbocycles. The number of sulfonamides is 1. The average molecular weight is 531 g/mol. The maximum absolute atomic E-state index is 13.2. The molecule has 3 heterocycles. The molecular formula is C25H34N6O5S. The first kappa shape index (κ1) is 26.6. The summed E-state index contributed by atoms with van der Waals surface area (Å²) in [6, 6.07) is 7.71. The predicted molar refractivity (Wildman–Crippen MR) is 139 cm³/mol. The Morgan fingerprint density at radius 3 is 2.43 bits per heavy atom. The van der Waals surface area contributed by atoms with E-state index >= 15 is 0 Å². The number of hydrogen-bond acceptors (Lipinski definition) is 8. The van der Waals surface area contributed by atoms with Gasteiger partial charge in [-0.05, 0) is 76.1 Å². The zero-order valence-corrected chi connectivity index (χ0v) is 22.1. The largest absolute Gasteiger partial charge is 0.465 e. The molecule has 12 heteroatoms. The standard InChI is InChI=1S/C25H34N6O5S/c1-16-14-25(2,3)31(15-16)22-19(6-5-13-26-22)23(32)30-37(35,36)21-8-4-7-20(29-21)27-17-9-11-18(12-10-17)28-24(33)34/h4-8,13,16-18,28H,9-12,14-15H2,1-3H3,(H,27,29)(H,30,32)(H,33,34). The molecule has 37 heavy (non-hydrogen) atoms. The van der Waals surface area contributed by atoms with Gasteiger partial charge in [-0.3, -0.25) is 4.79 Å². The van der Waals surface area contributed by atoms with Crippen LogP contribution in [0, 0.1) is 5.92 Å². The number of amides is 2. The number of pyridine rings is 2. The Labute approximate surface area is 217 Å². The van der Waals surface area contributed by atoms with Gasteiger partial charge in [0.05, 0.1) is 5.56 Å². The van der Waals surface area contributed by atoms with Crippen LogP contribution in [0.4, 0.5) is 16.4 Å². The van der Waals surface area contributed by atoms with Crippen LogP contribution in [0.3, 0.4) is 0 Å². The van der Waals surface area contributed by atoms with E-state index in [4.69, 9.17) is 5.11 Å². The van der Waals surface area contributed by atoms with Crippen molar-refractivity contribution in [3.8, 4) is 0 Å².